The van der Waals surface area contributed by atoms with Crippen molar-refractivity contribution in [1.82, 2.24) is 10.2 Å². The first-order valence-corrected chi connectivity index (χ1v) is 9.17. The van der Waals surface area contributed by atoms with Gasteiger partial charge in [0.15, 0.2) is 0 Å². The van der Waals surface area contributed by atoms with Gasteiger partial charge in [0, 0.05) is 16.3 Å². The van der Waals surface area contributed by atoms with E-state index in [0.29, 0.717) is 26.2 Å². The molecule has 2 rings (SSSR count). The molecule has 0 aliphatic carbocycles. The first kappa shape index (κ1) is 17.9. The van der Waals surface area contributed by atoms with Gasteiger partial charge in [0.25, 0.3) is 0 Å². The average Bonchev–Trinajstić information content (AvgIpc) is 3.01. The van der Waals surface area contributed by atoms with Crippen molar-refractivity contribution in [3.63, 3.8) is 0 Å². The van der Waals surface area contributed by atoms with E-state index in [1.165, 1.54) is 9.75 Å². The van der Waals surface area contributed by atoms with Crippen LogP contribution in [0.5, 0.6) is 0 Å². The molecule has 5 nitrogen and oxygen atoms in total. The minimum Gasteiger partial charge on any atom is -0.466 e. The van der Waals surface area contributed by atoms with Gasteiger partial charge < -0.3 is 10.1 Å². The van der Waals surface area contributed by atoms with Crippen LogP contribution in [0.4, 0.5) is 0 Å². The summed E-state index contributed by atoms with van der Waals surface area (Å²) in [6, 6.07) is 4.18. The molecule has 23 heavy (non-hydrogen) atoms. The largest absolute Gasteiger partial charge is 0.466 e. The highest BCUT2D eigenvalue weighted by Gasteiger charge is 2.27. The molecule has 0 radical (unpaired) electrons. The summed E-state index contributed by atoms with van der Waals surface area (Å²) in [5.74, 6) is -0.217. The number of hydrogen-bond donors (Lipinski definition) is 1. The van der Waals surface area contributed by atoms with Gasteiger partial charge in [0.05, 0.1) is 25.6 Å². The van der Waals surface area contributed by atoms with Crippen LogP contribution in [0.15, 0.2) is 12.1 Å². The van der Waals surface area contributed by atoms with Crippen molar-refractivity contribution in [2.24, 2.45) is 5.92 Å². The van der Waals surface area contributed by atoms with Crippen LogP contribution in [0.25, 0.3) is 0 Å². The number of carbonyl (C=O) groups excluding carboxylic acids is 2. The third-order valence-electron chi connectivity index (χ3n) is 4.02. The van der Waals surface area contributed by atoms with Crippen molar-refractivity contribution < 1.29 is 14.3 Å². The van der Waals surface area contributed by atoms with E-state index in [2.05, 4.69) is 24.4 Å². The predicted molar refractivity (Wildman–Crippen MR) is 91.3 cm³/mol. The number of hydrogen-bond acceptors (Lipinski definition) is 5. The van der Waals surface area contributed by atoms with Crippen LogP contribution in [0.3, 0.4) is 0 Å². The van der Waals surface area contributed by atoms with Crippen molar-refractivity contribution in [3.8, 4) is 0 Å². The topological polar surface area (TPSA) is 58.6 Å². The first-order chi connectivity index (χ1) is 11.1. The highest BCUT2D eigenvalue weighted by Crippen LogP contribution is 2.18. The van der Waals surface area contributed by atoms with Crippen LogP contribution < -0.4 is 5.32 Å². The summed E-state index contributed by atoms with van der Waals surface area (Å²) in [5.41, 5.74) is 0. The lowest BCUT2D eigenvalue weighted by molar-refractivity contribution is -0.150. The number of thiophene rings is 1. The van der Waals surface area contributed by atoms with Crippen molar-refractivity contribution in [3.05, 3.63) is 21.9 Å². The summed E-state index contributed by atoms with van der Waals surface area (Å²) in [5, 5.41) is 2.97. The van der Waals surface area contributed by atoms with Crippen molar-refractivity contribution >= 4 is 23.2 Å². The van der Waals surface area contributed by atoms with E-state index < -0.39 is 0 Å². The number of piperidine rings is 1. The summed E-state index contributed by atoms with van der Waals surface area (Å²) in [6.45, 7) is 6.77. The fourth-order valence-corrected chi connectivity index (χ4v) is 3.70. The molecule has 128 valence electrons. The second-order valence-corrected chi connectivity index (χ2v) is 7.08. The number of nitrogens with one attached hydrogen (secondary N) is 1. The van der Waals surface area contributed by atoms with Gasteiger partial charge in [-0.2, -0.15) is 0 Å². The van der Waals surface area contributed by atoms with E-state index in [0.717, 1.165) is 25.8 Å². The van der Waals surface area contributed by atoms with E-state index in [4.69, 9.17) is 4.74 Å². The molecule has 0 spiro atoms. The number of nitrogens with zero attached hydrogens (tertiary/aromatic N) is 1. The van der Waals surface area contributed by atoms with Gasteiger partial charge in [-0.3, -0.25) is 14.5 Å². The second-order valence-electron chi connectivity index (χ2n) is 5.82. The standard InChI is InChI=1S/C17H26N2O3S/c1-3-14-7-8-15(23-14)10-18-16(20)12-19-9-5-6-13(11-19)17(21)22-4-2/h7-8,13H,3-6,9-12H2,1-2H3,(H,18,20). The Morgan fingerprint density at radius 1 is 1.35 bits per heavy atom. The molecule has 1 aromatic heterocycles. The normalized spacial score (nSPS) is 18.6. The molecule has 2 heterocycles. The molecule has 1 N–H and O–H groups in total. The minimum atomic E-state index is -0.136. The van der Waals surface area contributed by atoms with Crippen LogP contribution in [-0.2, 0) is 27.3 Å². The lowest BCUT2D eigenvalue weighted by atomic mass is 9.98. The number of rotatable bonds is 7. The quantitative estimate of drug-likeness (QED) is 0.775. The molecule has 1 aromatic rings. The Labute approximate surface area is 142 Å². The average molecular weight is 338 g/mol. The Morgan fingerprint density at radius 3 is 2.83 bits per heavy atom. The van der Waals surface area contributed by atoms with E-state index in [-0.39, 0.29) is 17.8 Å². The van der Waals surface area contributed by atoms with Crippen LogP contribution in [0.2, 0.25) is 0 Å². The zero-order valence-corrected chi connectivity index (χ0v) is 14.8. The van der Waals surface area contributed by atoms with Crippen LogP contribution in [0, 0.1) is 5.92 Å². The smallest absolute Gasteiger partial charge is 0.310 e. The van der Waals surface area contributed by atoms with Gasteiger partial charge in [-0.05, 0) is 44.9 Å². The van der Waals surface area contributed by atoms with Crippen molar-refractivity contribution in [1.29, 1.82) is 0 Å². The van der Waals surface area contributed by atoms with Crippen LogP contribution in [-0.4, -0.2) is 43.0 Å². The predicted octanol–water partition coefficient (Wildman–Crippen LogP) is 2.20. The number of aryl methyl sites for hydroxylation is 1. The summed E-state index contributed by atoms with van der Waals surface area (Å²) in [7, 11) is 0. The third-order valence-corrected chi connectivity index (χ3v) is 5.25. The molecule has 1 aliphatic heterocycles. The monoisotopic (exact) mass is 338 g/mol. The summed E-state index contributed by atoms with van der Waals surface area (Å²) < 4.78 is 5.09. The fourth-order valence-electron chi connectivity index (χ4n) is 2.80. The zero-order valence-electron chi connectivity index (χ0n) is 14.0. The highest BCUT2D eigenvalue weighted by molar-refractivity contribution is 7.11. The third kappa shape index (κ3) is 5.62. The number of esters is 1. The Hall–Kier alpha value is -1.40. The lowest BCUT2D eigenvalue weighted by Crippen LogP contribution is -2.44. The molecule has 1 saturated heterocycles. The van der Waals surface area contributed by atoms with E-state index in [1.807, 2.05) is 11.8 Å². The number of carbonyl (C=O) groups is 2. The summed E-state index contributed by atoms with van der Waals surface area (Å²) in [4.78, 5) is 28.5. The van der Waals surface area contributed by atoms with Gasteiger partial charge in [-0.15, -0.1) is 11.3 Å². The highest BCUT2D eigenvalue weighted by atomic mass is 32.1. The maximum atomic E-state index is 12.1. The van der Waals surface area contributed by atoms with Crippen molar-refractivity contribution in [2.45, 2.75) is 39.7 Å². The first-order valence-electron chi connectivity index (χ1n) is 8.35. The van der Waals surface area contributed by atoms with E-state index >= 15 is 0 Å². The maximum Gasteiger partial charge on any atom is 0.310 e. The van der Waals surface area contributed by atoms with Crippen LogP contribution in [0.1, 0.15) is 36.4 Å². The summed E-state index contributed by atoms with van der Waals surface area (Å²) in [6.07, 6.45) is 2.81. The number of ether oxygens (including phenoxy) is 1. The van der Waals surface area contributed by atoms with Gasteiger partial charge in [-0.25, -0.2) is 0 Å². The molecule has 1 unspecified atom stereocenters. The molecule has 1 fully saturated rings. The van der Waals surface area contributed by atoms with E-state index in [9.17, 15) is 9.59 Å². The molecule has 1 aliphatic rings. The maximum absolute atomic E-state index is 12.1. The molecular formula is C17H26N2O3S. The lowest BCUT2D eigenvalue weighted by Gasteiger charge is -2.30. The Bertz CT molecular complexity index is 530. The molecule has 0 saturated carbocycles. The van der Waals surface area contributed by atoms with E-state index in [1.54, 1.807) is 11.3 Å². The van der Waals surface area contributed by atoms with Gasteiger partial charge in [0.2, 0.25) is 5.91 Å². The molecule has 0 aromatic carbocycles. The van der Waals surface area contributed by atoms with Gasteiger partial charge in [-0.1, -0.05) is 6.92 Å². The second kappa shape index (κ2) is 9.03. The van der Waals surface area contributed by atoms with Crippen molar-refractivity contribution in [2.75, 3.05) is 26.2 Å². The summed E-state index contributed by atoms with van der Waals surface area (Å²) >= 11 is 1.74. The van der Waals surface area contributed by atoms with Gasteiger partial charge >= 0.3 is 5.97 Å². The zero-order chi connectivity index (χ0) is 16.7. The molecule has 1 atom stereocenters. The van der Waals surface area contributed by atoms with Crippen LogP contribution >= 0.6 is 11.3 Å². The molecular weight excluding hydrogens is 312 g/mol. The number of likely N-dealkylation sites (tertiary alicyclic amines) is 1. The van der Waals surface area contributed by atoms with Gasteiger partial charge in [0.1, 0.15) is 0 Å². The fraction of sp³-hybridized carbons (Fsp3) is 0.647. The Kier molecular flexibility index (Phi) is 7.05. The number of amides is 1. The Morgan fingerprint density at radius 2 is 2.13 bits per heavy atom. The molecule has 1 amide bonds. The molecule has 0 bridgehead atoms. The molecule has 6 heteroatoms. The Balaban J connectivity index is 1.74. The SMILES string of the molecule is CCOC(=O)C1CCCN(CC(=O)NCc2ccc(CC)s2)C1. The minimum absolute atomic E-state index is 0.0148.